The van der Waals surface area contributed by atoms with Gasteiger partial charge in [-0.25, -0.2) is 0 Å². The number of halogens is 1. The molecule has 0 saturated carbocycles. The number of aromatic nitrogens is 2. The molecule has 1 aliphatic rings. The number of hydrogen-bond acceptors (Lipinski definition) is 4. The van der Waals surface area contributed by atoms with Crippen molar-refractivity contribution in [2.75, 3.05) is 11.9 Å². The van der Waals surface area contributed by atoms with Gasteiger partial charge < -0.3 is 10.4 Å². The minimum Gasteiger partial charge on any atom is -0.381 e. The topological polar surface area (TPSA) is 58.0 Å². The highest BCUT2D eigenvalue weighted by Gasteiger charge is 2.35. The normalized spacial score (nSPS) is 13.2. The number of hydrogen-bond donors (Lipinski definition) is 2. The van der Waals surface area contributed by atoms with Crippen LogP contribution in [0.2, 0.25) is 5.02 Å². The zero-order valence-corrected chi connectivity index (χ0v) is 17.4. The average molecular weight is 426 g/mol. The Morgan fingerprint density at radius 1 is 0.839 bits per heavy atom. The molecule has 0 spiro atoms. The Labute approximate surface area is 185 Å². The van der Waals surface area contributed by atoms with E-state index in [0.29, 0.717) is 16.1 Å². The lowest BCUT2D eigenvalue weighted by Gasteiger charge is -2.31. The molecule has 2 N–H and O–H groups in total. The first kappa shape index (κ1) is 19.5. The summed E-state index contributed by atoms with van der Waals surface area (Å²) >= 11 is 6.26. The molecular weight excluding hydrogens is 406 g/mol. The minimum atomic E-state index is -1.39. The highest BCUT2D eigenvalue weighted by Crippen LogP contribution is 2.40. The monoisotopic (exact) mass is 425 g/mol. The quantitative estimate of drug-likeness (QED) is 0.467. The summed E-state index contributed by atoms with van der Waals surface area (Å²) in [7, 11) is 0. The van der Waals surface area contributed by atoms with E-state index in [4.69, 9.17) is 11.6 Å². The summed E-state index contributed by atoms with van der Waals surface area (Å²) in [6, 6.07) is 21.2. The van der Waals surface area contributed by atoms with Gasteiger partial charge in [0.25, 0.3) is 0 Å². The van der Waals surface area contributed by atoms with Gasteiger partial charge in [-0.05, 0) is 53.1 Å². The van der Waals surface area contributed by atoms with E-state index in [2.05, 4.69) is 21.4 Å². The van der Waals surface area contributed by atoms with Gasteiger partial charge in [0.15, 0.2) is 0 Å². The summed E-state index contributed by atoms with van der Waals surface area (Å²) in [6.07, 6.45) is 8.93. The first-order valence-corrected chi connectivity index (χ1v) is 10.4. The van der Waals surface area contributed by atoms with Gasteiger partial charge in [0, 0.05) is 58.7 Å². The lowest BCUT2D eigenvalue weighted by atomic mass is 9.80. The molecule has 0 radical (unpaired) electrons. The van der Waals surface area contributed by atoms with Crippen LogP contribution in [0.4, 0.5) is 5.69 Å². The standard InChI is InChI=1S/C26H20ClN3O/c27-22-7-1-4-18(14-22)23-10-13-30-25-9-8-19(15-24(23)25)26(31,20-5-2-11-28-16-20)21-6-3-12-29-17-21/h1-12,14-17,30-31H,13H2. The van der Waals surface area contributed by atoms with Gasteiger partial charge in [0.2, 0.25) is 0 Å². The van der Waals surface area contributed by atoms with Crippen LogP contribution in [0.1, 0.15) is 27.8 Å². The summed E-state index contributed by atoms with van der Waals surface area (Å²) in [5, 5.41) is 16.2. The van der Waals surface area contributed by atoms with Crippen molar-refractivity contribution in [1.29, 1.82) is 0 Å². The third-order valence-corrected chi connectivity index (χ3v) is 5.86. The molecule has 4 aromatic rings. The van der Waals surface area contributed by atoms with Gasteiger partial charge in [-0.1, -0.05) is 48.0 Å². The van der Waals surface area contributed by atoms with Crippen LogP contribution in [0.3, 0.4) is 0 Å². The molecule has 0 fully saturated rings. The van der Waals surface area contributed by atoms with E-state index >= 15 is 0 Å². The van der Waals surface area contributed by atoms with Crippen LogP contribution in [0, 0.1) is 0 Å². The Kier molecular flexibility index (Phi) is 5.02. The lowest BCUT2D eigenvalue weighted by molar-refractivity contribution is 0.125. The number of anilines is 1. The van der Waals surface area contributed by atoms with Crippen molar-refractivity contribution in [2.24, 2.45) is 0 Å². The van der Waals surface area contributed by atoms with Crippen molar-refractivity contribution in [3.05, 3.63) is 130 Å². The van der Waals surface area contributed by atoms with Crippen LogP contribution < -0.4 is 5.32 Å². The van der Waals surface area contributed by atoms with Crippen LogP contribution in [0.15, 0.2) is 97.6 Å². The zero-order valence-electron chi connectivity index (χ0n) is 16.7. The second-order valence-electron chi connectivity index (χ2n) is 7.46. The molecule has 0 unspecified atom stereocenters. The van der Waals surface area contributed by atoms with Gasteiger partial charge in [0.05, 0.1) is 0 Å². The molecule has 3 heterocycles. The maximum Gasteiger partial charge on any atom is 0.143 e. The first-order chi connectivity index (χ1) is 15.2. The van der Waals surface area contributed by atoms with Gasteiger partial charge in [-0.15, -0.1) is 0 Å². The predicted octanol–water partition coefficient (Wildman–Crippen LogP) is 5.27. The fraction of sp³-hybridized carbons (Fsp3) is 0.0769. The summed E-state index contributed by atoms with van der Waals surface area (Å²) in [5.74, 6) is 0. The van der Waals surface area contributed by atoms with E-state index in [1.165, 1.54) is 0 Å². The minimum absolute atomic E-state index is 0.681. The molecule has 0 aliphatic carbocycles. The smallest absolute Gasteiger partial charge is 0.143 e. The molecule has 5 heteroatoms. The number of nitrogens with one attached hydrogen (secondary N) is 1. The van der Waals surface area contributed by atoms with Crippen molar-refractivity contribution >= 4 is 22.9 Å². The van der Waals surface area contributed by atoms with E-state index in [0.717, 1.165) is 34.5 Å². The molecule has 1 aliphatic heterocycles. The maximum atomic E-state index is 12.1. The molecule has 31 heavy (non-hydrogen) atoms. The summed E-state index contributed by atoms with van der Waals surface area (Å²) in [4.78, 5) is 8.49. The fourth-order valence-electron chi connectivity index (χ4n) is 4.10. The van der Waals surface area contributed by atoms with Gasteiger partial charge in [-0.3, -0.25) is 9.97 Å². The third kappa shape index (κ3) is 3.50. The number of nitrogens with zero attached hydrogens (tertiary/aromatic N) is 2. The SMILES string of the molecule is OC(c1cccnc1)(c1cccnc1)c1ccc2c(c1)C(c1cccc(Cl)c1)=CCN2. The van der Waals surface area contributed by atoms with E-state index in [-0.39, 0.29) is 0 Å². The van der Waals surface area contributed by atoms with E-state index in [9.17, 15) is 5.11 Å². The molecule has 2 aromatic carbocycles. The number of aliphatic hydroxyl groups is 1. The van der Waals surface area contributed by atoms with E-state index < -0.39 is 5.60 Å². The maximum absolute atomic E-state index is 12.1. The Morgan fingerprint density at radius 3 is 2.23 bits per heavy atom. The second kappa shape index (κ2) is 7.99. The predicted molar refractivity (Wildman–Crippen MR) is 124 cm³/mol. The zero-order chi connectivity index (χ0) is 21.3. The van der Waals surface area contributed by atoms with Crippen LogP contribution in [0.25, 0.3) is 5.57 Å². The highest BCUT2D eigenvalue weighted by molar-refractivity contribution is 6.30. The molecule has 0 atom stereocenters. The van der Waals surface area contributed by atoms with Crippen molar-refractivity contribution < 1.29 is 5.11 Å². The van der Waals surface area contributed by atoms with E-state index in [1.807, 2.05) is 66.7 Å². The van der Waals surface area contributed by atoms with Crippen molar-refractivity contribution in [2.45, 2.75) is 5.60 Å². The Morgan fingerprint density at radius 2 is 1.58 bits per heavy atom. The fourth-order valence-corrected chi connectivity index (χ4v) is 4.29. The number of rotatable bonds is 4. The van der Waals surface area contributed by atoms with Crippen molar-refractivity contribution in [3.63, 3.8) is 0 Å². The van der Waals surface area contributed by atoms with Gasteiger partial charge >= 0.3 is 0 Å². The largest absolute Gasteiger partial charge is 0.381 e. The number of pyridine rings is 2. The van der Waals surface area contributed by atoms with Crippen LogP contribution in [0.5, 0.6) is 0 Å². The molecule has 5 rings (SSSR count). The Bertz CT molecular complexity index is 1220. The summed E-state index contributed by atoms with van der Waals surface area (Å²) in [5.41, 5.74) is 4.85. The first-order valence-electron chi connectivity index (χ1n) is 10.0. The molecule has 4 nitrogen and oxygen atoms in total. The molecule has 2 aromatic heterocycles. The van der Waals surface area contributed by atoms with Crippen LogP contribution >= 0.6 is 11.6 Å². The second-order valence-corrected chi connectivity index (χ2v) is 7.90. The van der Waals surface area contributed by atoms with Crippen LogP contribution in [-0.2, 0) is 5.60 Å². The molecule has 0 amide bonds. The highest BCUT2D eigenvalue weighted by atomic mass is 35.5. The van der Waals surface area contributed by atoms with E-state index in [1.54, 1.807) is 24.8 Å². The van der Waals surface area contributed by atoms with Gasteiger partial charge in [-0.2, -0.15) is 0 Å². The van der Waals surface area contributed by atoms with Crippen LogP contribution in [-0.4, -0.2) is 21.6 Å². The third-order valence-electron chi connectivity index (χ3n) is 5.62. The average Bonchev–Trinajstić information content (AvgIpc) is 2.84. The summed E-state index contributed by atoms with van der Waals surface area (Å²) in [6.45, 7) is 0.726. The molecule has 0 bridgehead atoms. The van der Waals surface area contributed by atoms with Crippen molar-refractivity contribution in [1.82, 2.24) is 9.97 Å². The molecule has 0 saturated heterocycles. The molecular formula is C26H20ClN3O. The Hall–Kier alpha value is -3.47. The summed E-state index contributed by atoms with van der Waals surface area (Å²) < 4.78 is 0. The molecule has 152 valence electrons. The Balaban J connectivity index is 1.70. The van der Waals surface area contributed by atoms with Gasteiger partial charge in [0.1, 0.15) is 5.60 Å². The number of benzene rings is 2. The lowest BCUT2D eigenvalue weighted by Crippen LogP contribution is -2.29. The van der Waals surface area contributed by atoms with Crippen molar-refractivity contribution in [3.8, 4) is 0 Å². The number of fused-ring (bicyclic) bond motifs is 1.